The number of fused-ring (bicyclic) bond motifs is 1. The second-order valence-electron chi connectivity index (χ2n) is 5.93. The quantitative estimate of drug-likeness (QED) is 0.508. The average Bonchev–Trinajstić information content (AvgIpc) is 3.15. The van der Waals surface area contributed by atoms with Gasteiger partial charge in [-0.2, -0.15) is 5.26 Å². The number of ether oxygens (including phenoxy) is 1. The van der Waals surface area contributed by atoms with Gasteiger partial charge in [0.1, 0.15) is 11.3 Å². The monoisotopic (exact) mass is 349 g/mol. The van der Waals surface area contributed by atoms with Gasteiger partial charge in [0.2, 0.25) is 5.88 Å². The van der Waals surface area contributed by atoms with E-state index in [1.165, 1.54) is 0 Å². The highest BCUT2D eigenvalue weighted by Gasteiger charge is 2.10. The summed E-state index contributed by atoms with van der Waals surface area (Å²) in [7, 11) is 1.64. The van der Waals surface area contributed by atoms with Crippen LogP contribution in [0.15, 0.2) is 72.9 Å². The highest BCUT2D eigenvalue weighted by molar-refractivity contribution is 5.70. The van der Waals surface area contributed by atoms with Gasteiger partial charge in [-0.25, -0.2) is 4.98 Å². The van der Waals surface area contributed by atoms with E-state index >= 15 is 0 Å². The fraction of sp³-hybridized carbons (Fsp3) is 0.0435. The van der Waals surface area contributed by atoms with Gasteiger partial charge < -0.3 is 4.74 Å². The highest BCUT2D eigenvalue weighted by atomic mass is 16.5. The number of nitriles is 1. The van der Waals surface area contributed by atoms with Crippen molar-refractivity contribution in [2.75, 3.05) is 7.11 Å². The number of methoxy groups -OCH3 is 1. The number of aromatic nitrogens is 2. The molecule has 0 fully saturated rings. The summed E-state index contributed by atoms with van der Waals surface area (Å²) < 4.78 is 7.48. The fourth-order valence-electron chi connectivity index (χ4n) is 2.88. The summed E-state index contributed by atoms with van der Waals surface area (Å²) in [5.74, 6) is 6.93. The lowest BCUT2D eigenvalue weighted by atomic mass is 10.1. The van der Waals surface area contributed by atoms with E-state index in [1.807, 2.05) is 46.9 Å². The molecule has 4 rings (SSSR count). The summed E-state index contributed by atoms with van der Waals surface area (Å²) in [5.41, 5.74) is 5.11. The summed E-state index contributed by atoms with van der Waals surface area (Å²) in [4.78, 5) is 4.49. The first-order valence-electron chi connectivity index (χ1n) is 8.41. The molecule has 0 saturated carbocycles. The molecular formula is C23H15N3O. The Bertz CT molecular complexity index is 1200. The second kappa shape index (κ2) is 7.07. The largest absolute Gasteiger partial charge is 0.482 e. The van der Waals surface area contributed by atoms with E-state index in [0.717, 1.165) is 28.0 Å². The standard InChI is InChI=1S/C23H15N3O/c1-27-23-14-20(19-5-3-2-4-6-19)13-22-25-16-21(26(22)23)12-11-17-7-9-18(15-24)10-8-17/h2-10,13-14,16H,1H3. The van der Waals surface area contributed by atoms with Crippen LogP contribution >= 0.6 is 0 Å². The van der Waals surface area contributed by atoms with Crippen molar-refractivity contribution in [1.82, 2.24) is 9.38 Å². The summed E-state index contributed by atoms with van der Waals surface area (Å²) in [6.45, 7) is 0. The van der Waals surface area contributed by atoms with E-state index in [4.69, 9.17) is 10.00 Å². The first-order chi connectivity index (χ1) is 13.3. The molecule has 2 aromatic heterocycles. The van der Waals surface area contributed by atoms with E-state index in [0.29, 0.717) is 11.4 Å². The van der Waals surface area contributed by atoms with Crippen molar-refractivity contribution in [3.8, 4) is 34.9 Å². The van der Waals surface area contributed by atoms with Crippen molar-refractivity contribution in [2.45, 2.75) is 0 Å². The molecule has 0 saturated heterocycles. The Morgan fingerprint density at radius 2 is 1.63 bits per heavy atom. The fourth-order valence-corrected chi connectivity index (χ4v) is 2.88. The lowest BCUT2D eigenvalue weighted by molar-refractivity contribution is 0.392. The second-order valence-corrected chi connectivity index (χ2v) is 5.93. The van der Waals surface area contributed by atoms with Crippen LogP contribution in [-0.2, 0) is 0 Å². The molecule has 2 heterocycles. The molecule has 0 aliphatic rings. The van der Waals surface area contributed by atoms with Crippen LogP contribution in [-0.4, -0.2) is 16.5 Å². The molecular weight excluding hydrogens is 334 g/mol. The van der Waals surface area contributed by atoms with Gasteiger partial charge in [0, 0.05) is 11.6 Å². The number of hydrogen-bond donors (Lipinski definition) is 0. The first-order valence-corrected chi connectivity index (χ1v) is 8.41. The van der Waals surface area contributed by atoms with Gasteiger partial charge in [-0.1, -0.05) is 36.3 Å². The minimum Gasteiger partial charge on any atom is -0.482 e. The SMILES string of the molecule is COc1cc(-c2ccccc2)cc2ncc(C#Cc3ccc(C#N)cc3)n12. The third-order valence-corrected chi connectivity index (χ3v) is 4.24. The molecule has 128 valence electrons. The van der Waals surface area contributed by atoms with Crippen LogP contribution in [0, 0.1) is 23.2 Å². The van der Waals surface area contributed by atoms with Crippen LogP contribution in [0.25, 0.3) is 16.8 Å². The summed E-state index contributed by atoms with van der Waals surface area (Å²) >= 11 is 0. The Balaban J connectivity index is 1.77. The van der Waals surface area contributed by atoms with Crippen LogP contribution in [0.1, 0.15) is 16.8 Å². The van der Waals surface area contributed by atoms with Gasteiger partial charge in [-0.15, -0.1) is 0 Å². The van der Waals surface area contributed by atoms with E-state index in [9.17, 15) is 0 Å². The molecule has 0 aliphatic carbocycles. The molecule has 0 unspecified atom stereocenters. The number of rotatable bonds is 2. The number of pyridine rings is 1. The van der Waals surface area contributed by atoms with Crippen molar-refractivity contribution in [2.24, 2.45) is 0 Å². The normalized spacial score (nSPS) is 10.1. The van der Waals surface area contributed by atoms with Crippen LogP contribution in [0.5, 0.6) is 5.88 Å². The third-order valence-electron chi connectivity index (χ3n) is 4.24. The maximum absolute atomic E-state index is 8.88. The van der Waals surface area contributed by atoms with E-state index in [-0.39, 0.29) is 0 Å². The summed E-state index contributed by atoms with van der Waals surface area (Å²) in [5, 5.41) is 8.88. The number of imidazole rings is 1. The van der Waals surface area contributed by atoms with Crippen molar-refractivity contribution in [3.05, 3.63) is 89.7 Å². The topological polar surface area (TPSA) is 50.3 Å². The maximum atomic E-state index is 8.88. The van der Waals surface area contributed by atoms with Gasteiger partial charge >= 0.3 is 0 Å². The molecule has 0 N–H and O–H groups in total. The van der Waals surface area contributed by atoms with Crippen LogP contribution in [0.4, 0.5) is 0 Å². The van der Waals surface area contributed by atoms with E-state index in [2.05, 4.69) is 35.0 Å². The molecule has 4 aromatic rings. The van der Waals surface area contributed by atoms with Crippen molar-refractivity contribution in [3.63, 3.8) is 0 Å². The summed E-state index contributed by atoms with van der Waals surface area (Å²) in [6.07, 6.45) is 1.74. The van der Waals surface area contributed by atoms with Gasteiger partial charge in [-0.05, 0) is 47.4 Å². The third kappa shape index (κ3) is 3.25. The van der Waals surface area contributed by atoms with Crippen LogP contribution in [0.2, 0.25) is 0 Å². The minimum atomic E-state index is 0.616. The number of hydrogen-bond acceptors (Lipinski definition) is 3. The molecule has 0 aliphatic heterocycles. The molecule has 0 spiro atoms. The number of benzene rings is 2. The summed E-state index contributed by atoms with van der Waals surface area (Å²) in [6, 6.07) is 23.4. The molecule has 0 radical (unpaired) electrons. The lowest BCUT2D eigenvalue weighted by Gasteiger charge is -2.09. The zero-order valence-corrected chi connectivity index (χ0v) is 14.7. The Morgan fingerprint density at radius 3 is 2.33 bits per heavy atom. The Hall–Kier alpha value is -4.02. The zero-order valence-electron chi connectivity index (χ0n) is 14.7. The molecule has 4 nitrogen and oxygen atoms in total. The lowest BCUT2D eigenvalue weighted by Crippen LogP contribution is -1.97. The van der Waals surface area contributed by atoms with E-state index < -0.39 is 0 Å². The highest BCUT2D eigenvalue weighted by Crippen LogP contribution is 2.27. The predicted molar refractivity (Wildman–Crippen MR) is 104 cm³/mol. The molecule has 0 amide bonds. The molecule has 2 aromatic carbocycles. The van der Waals surface area contributed by atoms with Gasteiger partial charge in [-0.3, -0.25) is 4.40 Å². The molecule has 0 bridgehead atoms. The Morgan fingerprint density at radius 1 is 0.889 bits per heavy atom. The average molecular weight is 349 g/mol. The first kappa shape index (κ1) is 16.4. The van der Waals surface area contributed by atoms with Gasteiger partial charge in [0.25, 0.3) is 0 Å². The predicted octanol–water partition coefficient (Wildman–Crippen LogP) is 4.28. The Kier molecular flexibility index (Phi) is 4.31. The zero-order chi connectivity index (χ0) is 18.6. The molecule has 27 heavy (non-hydrogen) atoms. The van der Waals surface area contributed by atoms with Crippen LogP contribution < -0.4 is 4.74 Å². The smallest absolute Gasteiger partial charge is 0.200 e. The molecule has 0 atom stereocenters. The van der Waals surface area contributed by atoms with Gasteiger partial charge in [0.05, 0.1) is 24.9 Å². The Labute approximate surface area is 157 Å². The minimum absolute atomic E-state index is 0.616. The van der Waals surface area contributed by atoms with Crippen molar-refractivity contribution >= 4 is 5.65 Å². The maximum Gasteiger partial charge on any atom is 0.200 e. The number of nitrogens with zero attached hydrogens (tertiary/aromatic N) is 3. The van der Waals surface area contributed by atoms with E-state index in [1.54, 1.807) is 25.4 Å². The van der Waals surface area contributed by atoms with Crippen molar-refractivity contribution in [1.29, 1.82) is 5.26 Å². The molecule has 4 heteroatoms. The van der Waals surface area contributed by atoms with Crippen LogP contribution in [0.3, 0.4) is 0 Å². The van der Waals surface area contributed by atoms with Gasteiger partial charge in [0.15, 0.2) is 0 Å². The van der Waals surface area contributed by atoms with Crippen molar-refractivity contribution < 1.29 is 4.74 Å².